The molecule has 0 amide bonds. The Hall–Kier alpha value is -7.73. The van der Waals surface area contributed by atoms with Crippen molar-refractivity contribution in [2.45, 2.75) is 113 Å². The van der Waals surface area contributed by atoms with E-state index in [2.05, 4.69) is 55.1 Å². The Morgan fingerprint density at radius 2 is 0.964 bits per heavy atom. The van der Waals surface area contributed by atoms with Crippen LogP contribution in [0.2, 0.25) is 0 Å². The van der Waals surface area contributed by atoms with Gasteiger partial charge >= 0.3 is 0 Å². The minimum atomic E-state index is -1.08. The summed E-state index contributed by atoms with van der Waals surface area (Å²) in [6.07, 6.45) is 17.6. The zero-order valence-corrected chi connectivity index (χ0v) is 48.1. The predicted molar refractivity (Wildman–Crippen MR) is 318 cm³/mol. The summed E-state index contributed by atoms with van der Waals surface area (Å²) >= 11 is 0. The number of piperidine rings is 2. The smallest absolute Gasteiger partial charge is 0.256 e. The number of benzene rings is 2. The van der Waals surface area contributed by atoms with Gasteiger partial charge in [0.25, 0.3) is 11.8 Å². The quantitative estimate of drug-likeness (QED) is 0.0354. The van der Waals surface area contributed by atoms with Crippen molar-refractivity contribution < 1.29 is 33.3 Å². The molecule has 8 heterocycles. The van der Waals surface area contributed by atoms with E-state index in [-0.39, 0.29) is 66.9 Å². The molecule has 2 unspecified atom stereocenters. The lowest BCUT2D eigenvalue weighted by Gasteiger charge is -2.29. The first-order valence-corrected chi connectivity index (χ1v) is 29.7. The van der Waals surface area contributed by atoms with E-state index in [0.29, 0.717) is 79.1 Å². The largest absolute Gasteiger partial charge is 0.478 e. The van der Waals surface area contributed by atoms with Gasteiger partial charge in [0.1, 0.15) is 45.9 Å². The van der Waals surface area contributed by atoms with Crippen LogP contribution in [0.5, 0.6) is 11.8 Å². The first kappa shape index (κ1) is 56.7. The summed E-state index contributed by atoms with van der Waals surface area (Å²) in [5, 5.41) is 45.3. The lowest BCUT2D eigenvalue weighted by Crippen LogP contribution is -2.31. The van der Waals surface area contributed by atoms with Crippen molar-refractivity contribution in [1.82, 2.24) is 59.3 Å². The standard InChI is InChI=1S/C61H76F2N16O5/c1-76-25-21-43(22-26-76)78-31-47(58(74-78)83-3)68-60-70-54-51(56(72-60)66-41-17-5-35(33-80)6-18-41)45(29-64-54)49(37-9-13-39(62)14-10-37)53(82)50(38-11-15-40(63)16-12-38)46-30-65-55-52(46)57(67-42-19-7-36(34-81)8-20-42)73-61(71-55)69-48-32-79(75-59(48)84-4)44-23-27-77(2)28-24-44/h9-16,29-32,35-36,41-44,49-50,80-81H,5-8,17-28,33-34H2,1-4H3,(H3,64,66,68,70,72)(H3,65,67,69,71,73). The fourth-order valence-electron chi connectivity index (χ4n) is 13.1. The number of fused-ring (bicyclic) bond motifs is 2. The second kappa shape index (κ2) is 24.8. The minimum Gasteiger partial charge on any atom is -0.478 e. The van der Waals surface area contributed by atoms with E-state index in [4.69, 9.17) is 39.6 Å². The molecule has 21 nitrogen and oxygen atoms in total. The number of anilines is 6. The van der Waals surface area contributed by atoms with Gasteiger partial charge in [-0.2, -0.15) is 19.9 Å². The topological polar surface area (TPSA) is 249 Å². The maximum absolute atomic E-state index is 16.6. The van der Waals surface area contributed by atoms with Crippen molar-refractivity contribution in [3.63, 3.8) is 0 Å². The number of carbonyl (C=O) groups is 1. The van der Waals surface area contributed by atoms with Gasteiger partial charge in [-0.05, 0) is 176 Å². The van der Waals surface area contributed by atoms with Crippen LogP contribution in [0, 0.1) is 23.5 Å². The molecule has 2 atom stereocenters. The molecule has 84 heavy (non-hydrogen) atoms. The Balaban J connectivity index is 0.972. The third kappa shape index (κ3) is 12.0. The Labute approximate surface area is 486 Å². The average molecular weight is 1150 g/mol. The molecular formula is C61H76F2N16O5. The number of hydrogen-bond donors (Lipinski definition) is 8. The Morgan fingerprint density at radius 1 is 0.583 bits per heavy atom. The number of rotatable bonds is 20. The normalized spacial score (nSPS) is 21.1. The number of nitrogens with zero attached hydrogens (tertiary/aromatic N) is 10. The number of aliphatic hydroxyl groups excluding tert-OH is 2. The number of hydrogen-bond acceptors (Lipinski definition) is 17. The summed E-state index contributed by atoms with van der Waals surface area (Å²) < 4.78 is 45.8. The number of carbonyl (C=O) groups excluding carboxylic acids is 1. The van der Waals surface area contributed by atoms with E-state index in [9.17, 15) is 10.2 Å². The molecule has 8 N–H and O–H groups in total. The van der Waals surface area contributed by atoms with Crippen LogP contribution in [0.25, 0.3) is 22.1 Å². The minimum absolute atomic E-state index is 0.0261. The van der Waals surface area contributed by atoms with Crippen LogP contribution in [0.15, 0.2) is 73.3 Å². The number of Topliss-reactive ketones (excluding diaryl/α,β-unsaturated/α-hetero) is 1. The second-order valence-corrected chi connectivity index (χ2v) is 23.6. The van der Waals surface area contributed by atoms with Gasteiger partial charge in [0.15, 0.2) is 5.78 Å². The van der Waals surface area contributed by atoms with E-state index in [1.807, 2.05) is 21.8 Å². The van der Waals surface area contributed by atoms with E-state index >= 15 is 13.6 Å². The zero-order valence-electron chi connectivity index (χ0n) is 48.1. The molecule has 12 rings (SSSR count). The van der Waals surface area contributed by atoms with E-state index in [0.717, 1.165) is 103 Å². The molecule has 0 radical (unpaired) electrons. The van der Waals surface area contributed by atoms with Crippen LogP contribution in [0.3, 0.4) is 0 Å². The molecule has 2 aliphatic carbocycles. The van der Waals surface area contributed by atoms with Crippen molar-refractivity contribution in [3.05, 3.63) is 107 Å². The molecule has 8 aromatic rings. The van der Waals surface area contributed by atoms with Gasteiger partial charge < -0.3 is 60.7 Å². The van der Waals surface area contributed by atoms with Crippen molar-refractivity contribution in [2.24, 2.45) is 11.8 Å². The second-order valence-electron chi connectivity index (χ2n) is 23.6. The third-order valence-corrected chi connectivity index (χ3v) is 18.0. The molecule has 0 bridgehead atoms. The number of methoxy groups -OCH3 is 2. The van der Waals surface area contributed by atoms with Crippen LogP contribution in [-0.2, 0) is 4.79 Å². The van der Waals surface area contributed by atoms with Gasteiger partial charge in [-0.3, -0.25) is 14.2 Å². The van der Waals surface area contributed by atoms with E-state index < -0.39 is 23.5 Å². The van der Waals surface area contributed by atoms with Gasteiger partial charge in [0, 0.05) is 37.7 Å². The number of aromatic amines is 2. The predicted octanol–water partition coefficient (Wildman–Crippen LogP) is 9.40. The van der Waals surface area contributed by atoms with Crippen molar-refractivity contribution in [1.29, 1.82) is 0 Å². The van der Waals surface area contributed by atoms with Gasteiger partial charge in [-0.1, -0.05) is 24.3 Å². The highest BCUT2D eigenvalue weighted by Gasteiger charge is 2.38. The van der Waals surface area contributed by atoms with Crippen LogP contribution >= 0.6 is 0 Å². The number of ether oxygens (including phenoxy) is 2. The summed E-state index contributed by atoms with van der Waals surface area (Å²) in [4.78, 5) is 48.6. The molecule has 4 fully saturated rings. The summed E-state index contributed by atoms with van der Waals surface area (Å²) in [6, 6.07) is 12.2. The summed E-state index contributed by atoms with van der Waals surface area (Å²) in [7, 11) is 7.42. The summed E-state index contributed by atoms with van der Waals surface area (Å²) in [6.45, 7) is 4.06. The summed E-state index contributed by atoms with van der Waals surface area (Å²) in [5.74, 6) is -0.746. The van der Waals surface area contributed by atoms with Gasteiger partial charge in [-0.15, -0.1) is 10.2 Å². The Bertz CT molecular complexity index is 3310. The van der Waals surface area contributed by atoms with Crippen LogP contribution in [0.1, 0.15) is 123 Å². The maximum Gasteiger partial charge on any atom is 0.256 e. The number of likely N-dealkylation sites (tertiary alicyclic amines) is 2. The molecule has 4 aliphatic rings. The zero-order chi connectivity index (χ0) is 58.0. The highest BCUT2D eigenvalue weighted by Crippen LogP contribution is 2.45. The van der Waals surface area contributed by atoms with Crippen molar-refractivity contribution >= 4 is 62.8 Å². The molecular weight excluding hydrogens is 1070 g/mol. The monoisotopic (exact) mass is 1150 g/mol. The number of halogens is 2. The van der Waals surface area contributed by atoms with Gasteiger partial charge in [-0.25, -0.2) is 8.78 Å². The maximum atomic E-state index is 16.6. The van der Waals surface area contributed by atoms with Crippen LogP contribution in [-0.4, -0.2) is 155 Å². The van der Waals surface area contributed by atoms with Gasteiger partial charge in [0.2, 0.25) is 11.9 Å². The van der Waals surface area contributed by atoms with Gasteiger partial charge in [0.05, 0.1) is 61.3 Å². The number of aromatic nitrogens is 10. The fourth-order valence-corrected chi connectivity index (χ4v) is 13.1. The molecule has 23 heteroatoms. The average Bonchev–Trinajstić information content (AvgIpc) is 2.92. The van der Waals surface area contributed by atoms with Crippen LogP contribution in [0.4, 0.5) is 43.7 Å². The first-order chi connectivity index (χ1) is 40.9. The molecule has 2 saturated carbocycles. The molecule has 2 saturated heterocycles. The molecule has 0 spiro atoms. The number of ketones is 1. The third-order valence-electron chi connectivity index (χ3n) is 18.0. The number of nitrogens with one attached hydrogen (secondary N) is 6. The van der Waals surface area contributed by atoms with E-state index in [1.54, 1.807) is 50.9 Å². The fraction of sp³-hybridized carbons (Fsp3) is 0.492. The summed E-state index contributed by atoms with van der Waals surface area (Å²) in [5.41, 5.74) is 4.15. The number of H-pyrrole nitrogens is 2. The van der Waals surface area contributed by atoms with E-state index in [1.165, 1.54) is 24.3 Å². The SMILES string of the molecule is COc1nn(C2CCN(C)CC2)cc1Nc1nc(NC2CCC(CO)CC2)c2c(C(C(=O)C(c3ccc(F)cc3)c3c[nH]c4nc(Nc5cn(C6CCN(C)CC6)nc5OC)nc(NC5CCC(CO)CC5)c34)c3ccc(F)cc3)c[nH]c2n1. The highest BCUT2D eigenvalue weighted by molar-refractivity contribution is 6.06. The molecule has 444 valence electrons. The number of aliphatic hydroxyl groups is 2. The molecule has 6 aromatic heterocycles. The van der Waals surface area contributed by atoms with Crippen molar-refractivity contribution in [2.75, 3.05) is 89.0 Å². The van der Waals surface area contributed by atoms with Crippen LogP contribution < -0.4 is 30.7 Å². The first-order valence-electron chi connectivity index (χ1n) is 29.7. The Morgan fingerprint density at radius 3 is 1.32 bits per heavy atom. The van der Waals surface area contributed by atoms with Crippen molar-refractivity contribution in [3.8, 4) is 11.8 Å². The molecule has 2 aromatic carbocycles. The molecule has 2 aliphatic heterocycles. The lowest BCUT2D eigenvalue weighted by molar-refractivity contribution is -0.120. The lowest BCUT2D eigenvalue weighted by atomic mass is 9.77. The Kier molecular flexibility index (Phi) is 16.8. The highest BCUT2D eigenvalue weighted by atomic mass is 19.1.